The summed E-state index contributed by atoms with van der Waals surface area (Å²) in [5.74, 6) is -1.04. The van der Waals surface area contributed by atoms with Crippen LogP contribution in [0.25, 0.3) is 0 Å². The van der Waals surface area contributed by atoms with Gasteiger partial charge in [0, 0.05) is 23.4 Å². The van der Waals surface area contributed by atoms with E-state index in [0.29, 0.717) is 23.4 Å². The molecule has 2 aromatic carbocycles. The highest BCUT2D eigenvalue weighted by atomic mass is 16.4. The van der Waals surface area contributed by atoms with Crippen molar-refractivity contribution in [3.63, 3.8) is 0 Å². The van der Waals surface area contributed by atoms with E-state index in [0.717, 1.165) is 12.8 Å². The molecule has 0 heterocycles. The lowest BCUT2D eigenvalue weighted by molar-refractivity contribution is 0.0696. The number of carbonyl (C=O) groups is 2. The molecule has 0 aliphatic carbocycles. The van der Waals surface area contributed by atoms with Crippen LogP contribution in [0.5, 0.6) is 0 Å². The fourth-order valence-electron chi connectivity index (χ4n) is 2.82. The summed E-state index contributed by atoms with van der Waals surface area (Å²) in [7, 11) is 0. The molecule has 0 aliphatic rings. The van der Waals surface area contributed by atoms with Gasteiger partial charge in [-0.1, -0.05) is 44.5 Å². The highest BCUT2D eigenvalue weighted by Crippen LogP contribution is 2.21. The lowest BCUT2D eigenvalue weighted by Gasteiger charge is -2.20. The predicted molar refractivity (Wildman–Crippen MR) is 102 cm³/mol. The summed E-state index contributed by atoms with van der Waals surface area (Å²) in [5.41, 5.74) is 1.71. The van der Waals surface area contributed by atoms with Gasteiger partial charge in [-0.2, -0.15) is 0 Å². The van der Waals surface area contributed by atoms with Crippen molar-refractivity contribution in [1.82, 2.24) is 0 Å². The maximum absolute atomic E-state index is 12.8. The number of anilines is 1. The first-order valence-electron chi connectivity index (χ1n) is 8.83. The number of aliphatic hydroxyl groups excluding tert-OH is 1. The SMILES string of the molecule is CCCC(C)C(O)CNc1ccccc1C(=O)c1ccc(C(=O)O)cc1. The third-order valence-electron chi connectivity index (χ3n) is 4.47. The molecule has 2 unspecified atom stereocenters. The van der Waals surface area contributed by atoms with Crippen molar-refractivity contribution in [3.8, 4) is 0 Å². The summed E-state index contributed by atoms with van der Waals surface area (Å²) in [4.78, 5) is 23.7. The number of benzene rings is 2. The number of rotatable bonds is 9. The van der Waals surface area contributed by atoms with Gasteiger partial charge in [-0.15, -0.1) is 0 Å². The van der Waals surface area contributed by atoms with E-state index >= 15 is 0 Å². The van der Waals surface area contributed by atoms with E-state index in [1.165, 1.54) is 24.3 Å². The molecule has 0 aliphatic heterocycles. The van der Waals surface area contributed by atoms with Crippen LogP contribution in [-0.2, 0) is 0 Å². The van der Waals surface area contributed by atoms with Crippen LogP contribution in [0.3, 0.4) is 0 Å². The van der Waals surface area contributed by atoms with Crippen molar-refractivity contribution >= 4 is 17.4 Å². The average molecular weight is 355 g/mol. The normalized spacial score (nSPS) is 13.0. The minimum atomic E-state index is -1.03. The zero-order chi connectivity index (χ0) is 19.1. The quantitative estimate of drug-likeness (QED) is 0.595. The lowest BCUT2D eigenvalue weighted by Crippen LogP contribution is -2.27. The van der Waals surface area contributed by atoms with Crippen molar-refractivity contribution in [2.45, 2.75) is 32.8 Å². The number of para-hydroxylation sites is 1. The first-order valence-corrected chi connectivity index (χ1v) is 8.83. The van der Waals surface area contributed by atoms with Crippen molar-refractivity contribution in [3.05, 3.63) is 65.2 Å². The molecule has 0 spiro atoms. The van der Waals surface area contributed by atoms with Crippen molar-refractivity contribution in [2.75, 3.05) is 11.9 Å². The van der Waals surface area contributed by atoms with Gasteiger partial charge >= 0.3 is 5.97 Å². The van der Waals surface area contributed by atoms with Gasteiger partial charge in [-0.25, -0.2) is 4.79 Å². The Balaban J connectivity index is 2.14. The largest absolute Gasteiger partial charge is 0.478 e. The first-order chi connectivity index (χ1) is 12.4. The number of carboxylic acids is 1. The van der Waals surface area contributed by atoms with Gasteiger partial charge in [-0.3, -0.25) is 4.79 Å². The molecular weight excluding hydrogens is 330 g/mol. The standard InChI is InChI=1S/C21H25NO4/c1-3-6-14(2)19(23)13-22-18-8-5-4-7-17(18)20(24)15-9-11-16(12-10-15)21(25)26/h4-5,7-12,14,19,22-23H,3,6,13H2,1-2H3,(H,25,26). The Labute approximate surface area is 153 Å². The Hall–Kier alpha value is -2.66. The molecule has 0 aromatic heterocycles. The molecule has 26 heavy (non-hydrogen) atoms. The molecular formula is C21H25NO4. The molecule has 2 aromatic rings. The van der Waals surface area contributed by atoms with Gasteiger partial charge in [-0.05, 0) is 36.6 Å². The van der Waals surface area contributed by atoms with Crippen LogP contribution in [0.15, 0.2) is 48.5 Å². The van der Waals surface area contributed by atoms with Crippen LogP contribution >= 0.6 is 0 Å². The van der Waals surface area contributed by atoms with E-state index in [4.69, 9.17) is 5.11 Å². The number of aliphatic hydroxyl groups is 1. The number of aromatic carboxylic acids is 1. The highest BCUT2D eigenvalue weighted by molar-refractivity contribution is 6.12. The summed E-state index contributed by atoms with van der Waals surface area (Å²) in [5, 5.41) is 22.4. The van der Waals surface area contributed by atoms with E-state index in [-0.39, 0.29) is 17.3 Å². The Bertz CT molecular complexity index is 755. The first kappa shape index (κ1) is 19.7. The molecule has 138 valence electrons. The molecule has 2 atom stereocenters. The van der Waals surface area contributed by atoms with Gasteiger partial charge in [0.15, 0.2) is 5.78 Å². The van der Waals surface area contributed by atoms with E-state index in [1.54, 1.807) is 18.2 Å². The molecule has 2 rings (SSSR count). The second-order valence-corrected chi connectivity index (χ2v) is 6.47. The number of ketones is 1. The molecule has 3 N–H and O–H groups in total. The maximum Gasteiger partial charge on any atom is 0.335 e. The van der Waals surface area contributed by atoms with E-state index in [9.17, 15) is 14.7 Å². The fraction of sp³-hybridized carbons (Fsp3) is 0.333. The molecule has 5 nitrogen and oxygen atoms in total. The lowest BCUT2D eigenvalue weighted by atomic mass is 9.98. The van der Waals surface area contributed by atoms with Crippen LogP contribution in [-0.4, -0.2) is 34.6 Å². The minimum Gasteiger partial charge on any atom is -0.478 e. The number of carbonyl (C=O) groups excluding carboxylic acids is 1. The second kappa shape index (κ2) is 9.15. The van der Waals surface area contributed by atoms with Crippen molar-refractivity contribution in [1.29, 1.82) is 0 Å². The Morgan fingerprint density at radius 3 is 2.27 bits per heavy atom. The molecule has 0 radical (unpaired) electrons. The highest BCUT2D eigenvalue weighted by Gasteiger charge is 2.17. The van der Waals surface area contributed by atoms with E-state index in [1.807, 2.05) is 13.0 Å². The third kappa shape index (κ3) is 4.92. The smallest absolute Gasteiger partial charge is 0.335 e. The summed E-state index contributed by atoms with van der Waals surface area (Å²) in [6, 6.07) is 13.0. The number of carboxylic acid groups (broad SMARTS) is 1. The van der Waals surface area contributed by atoms with Crippen LogP contribution in [0.4, 0.5) is 5.69 Å². The van der Waals surface area contributed by atoms with E-state index < -0.39 is 12.1 Å². The third-order valence-corrected chi connectivity index (χ3v) is 4.47. The van der Waals surface area contributed by atoms with Crippen molar-refractivity contribution in [2.24, 2.45) is 5.92 Å². The summed E-state index contributed by atoms with van der Waals surface area (Å²) >= 11 is 0. The second-order valence-electron chi connectivity index (χ2n) is 6.47. The topological polar surface area (TPSA) is 86.6 Å². The fourth-order valence-corrected chi connectivity index (χ4v) is 2.82. The number of hydrogen-bond donors (Lipinski definition) is 3. The molecule has 5 heteroatoms. The summed E-state index contributed by atoms with van der Waals surface area (Å²) in [6.07, 6.45) is 1.46. The van der Waals surface area contributed by atoms with Gasteiger partial charge in [0.05, 0.1) is 11.7 Å². The van der Waals surface area contributed by atoms with Gasteiger partial charge in [0.1, 0.15) is 0 Å². The average Bonchev–Trinajstić information content (AvgIpc) is 2.66. The Morgan fingerprint density at radius 2 is 1.65 bits per heavy atom. The summed E-state index contributed by atoms with van der Waals surface area (Å²) < 4.78 is 0. The predicted octanol–water partition coefficient (Wildman–Crippen LogP) is 3.82. The van der Waals surface area contributed by atoms with Crippen LogP contribution in [0, 0.1) is 5.92 Å². The Morgan fingerprint density at radius 1 is 1.04 bits per heavy atom. The van der Waals surface area contributed by atoms with Crippen molar-refractivity contribution < 1.29 is 19.8 Å². The zero-order valence-corrected chi connectivity index (χ0v) is 15.1. The van der Waals surface area contributed by atoms with Crippen LogP contribution in [0.2, 0.25) is 0 Å². The molecule has 0 bridgehead atoms. The molecule has 0 saturated heterocycles. The number of nitrogens with one attached hydrogen (secondary N) is 1. The Kier molecular flexibility index (Phi) is 6.92. The molecule has 0 amide bonds. The molecule has 0 fully saturated rings. The van der Waals surface area contributed by atoms with Gasteiger partial charge < -0.3 is 15.5 Å². The summed E-state index contributed by atoms with van der Waals surface area (Å²) in [6.45, 7) is 4.46. The number of hydrogen-bond acceptors (Lipinski definition) is 4. The van der Waals surface area contributed by atoms with Gasteiger partial charge in [0.2, 0.25) is 0 Å². The van der Waals surface area contributed by atoms with Crippen LogP contribution in [0.1, 0.15) is 53.0 Å². The monoisotopic (exact) mass is 355 g/mol. The van der Waals surface area contributed by atoms with Gasteiger partial charge in [0.25, 0.3) is 0 Å². The van der Waals surface area contributed by atoms with Crippen LogP contribution < -0.4 is 5.32 Å². The maximum atomic E-state index is 12.8. The molecule has 0 saturated carbocycles. The minimum absolute atomic E-state index is 0.140. The zero-order valence-electron chi connectivity index (χ0n) is 15.1. The van der Waals surface area contributed by atoms with E-state index in [2.05, 4.69) is 12.2 Å².